The van der Waals surface area contributed by atoms with E-state index in [0.29, 0.717) is 11.6 Å². The fourth-order valence-electron chi connectivity index (χ4n) is 1.95. The van der Waals surface area contributed by atoms with Gasteiger partial charge in [0.2, 0.25) is 0 Å². The van der Waals surface area contributed by atoms with Gasteiger partial charge in [0.15, 0.2) is 0 Å². The minimum Gasteiger partial charge on any atom is -0.295 e. The lowest BCUT2D eigenvalue weighted by molar-refractivity contribution is -0.384. The number of thiophene rings is 1. The Balaban J connectivity index is 2.17. The van der Waals surface area contributed by atoms with E-state index < -0.39 is 4.92 Å². The lowest BCUT2D eigenvalue weighted by Crippen LogP contribution is -2.21. The van der Waals surface area contributed by atoms with Crippen LogP contribution in [0.4, 0.5) is 5.69 Å². The van der Waals surface area contributed by atoms with Crippen molar-refractivity contribution in [3.8, 4) is 0 Å². The third-order valence-corrected chi connectivity index (χ3v) is 4.69. The van der Waals surface area contributed by atoms with E-state index in [1.54, 1.807) is 23.5 Å². The van der Waals surface area contributed by atoms with E-state index in [-0.39, 0.29) is 11.7 Å². The zero-order valence-electron chi connectivity index (χ0n) is 11.2. The summed E-state index contributed by atoms with van der Waals surface area (Å²) < 4.78 is 0. The molecule has 1 aromatic heterocycles. The second kappa shape index (κ2) is 6.35. The molecule has 0 bridgehead atoms. The molecule has 0 aliphatic rings. The van der Waals surface area contributed by atoms with Gasteiger partial charge in [-0.25, -0.2) is 0 Å². The second-order valence-electron chi connectivity index (χ2n) is 4.64. The molecule has 6 heteroatoms. The summed E-state index contributed by atoms with van der Waals surface area (Å²) in [5, 5.41) is 13.4. The molecule has 1 heterocycles. The fourth-order valence-corrected chi connectivity index (χ4v) is 2.97. The van der Waals surface area contributed by atoms with Crippen LogP contribution >= 0.6 is 22.9 Å². The number of nitro benzene ring substituents is 1. The fraction of sp³-hybridized carbons (Fsp3) is 0.286. The number of halogens is 1. The molecule has 0 N–H and O–H groups in total. The average molecular weight is 311 g/mol. The van der Waals surface area contributed by atoms with Crippen molar-refractivity contribution in [2.75, 3.05) is 7.05 Å². The number of nitro groups is 1. The molecule has 20 heavy (non-hydrogen) atoms. The molecule has 0 amide bonds. The van der Waals surface area contributed by atoms with Crippen LogP contribution in [-0.2, 0) is 6.54 Å². The maximum atomic E-state index is 10.8. The highest BCUT2D eigenvalue weighted by atomic mass is 35.5. The third kappa shape index (κ3) is 3.36. The van der Waals surface area contributed by atoms with Gasteiger partial charge in [0.25, 0.3) is 5.69 Å². The zero-order chi connectivity index (χ0) is 14.7. The van der Waals surface area contributed by atoms with Gasteiger partial charge in [0.1, 0.15) is 0 Å². The number of non-ortho nitro benzene ring substituents is 1. The van der Waals surface area contributed by atoms with E-state index in [4.69, 9.17) is 11.6 Å². The predicted molar refractivity (Wildman–Crippen MR) is 82.3 cm³/mol. The van der Waals surface area contributed by atoms with Gasteiger partial charge < -0.3 is 0 Å². The first kappa shape index (κ1) is 15.0. The summed E-state index contributed by atoms with van der Waals surface area (Å²) in [6, 6.07) is 8.89. The van der Waals surface area contributed by atoms with Crippen LogP contribution in [0.2, 0.25) is 5.02 Å². The Kier molecular flexibility index (Phi) is 4.75. The summed E-state index contributed by atoms with van der Waals surface area (Å²) >= 11 is 7.83. The largest absolute Gasteiger partial charge is 0.295 e. The van der Waals surface area contributed by atoms with E-state index in [1.807, 2.05) is 18.5 Å². The summed E-state index contributed by atoms with van der Waals surface area (Å²) in [4.78, 5) is 13.8. The van der Waals surface area contributed by atoms with Gasteiger partial charge >= 0.3 is 0 Å². The van der Waals surface area contributed by atoms with Crippen LogP contribution in [0.1, 0.15) is 23.4 Å². The minimum absolute atomic E-state index is 0.0709. The Labute approximate surface area is 126 Å². The van der Waals surface area contributed by atoms with Crippen molar-refractivity contribution in [1.29, 1.82) is 0 Å². The van der Waals surface area contributed by atoms with E-state index in [1.165, 1.54) is 10.9 Å². The molecule has 1 atom stereocenters. The zero-order valence-corrected chi connectivity index (χ0v) is 12.8. The highest BCUT2D eigenvalue weighted by Gasteiger charge is 2.16. The molecule has 0 saturated carbocycles. The van der Waals surface area contributed by atoms with Gasteiger partial charge in [0.05, 0.1) is 4.92 Å². The average Bonchev–Trinajstić information content (AvgIpc) is 2.94. The highest BCUT2D eigenvalue weighted by molar-refractivity contribution is 7.10. The lowest BCUT2D eigenvalue weighted by Gasteiger charge is -2.24. The van der Waals surface area contributed by atoms with Crippen molar-refractivity contribution in [2.45, 2.75) is 19.5 Å². The summed E-state index contributed by atoms with van der Waals surface area (Å²) in [6.45, 7) is 2.68. The summed E-state index contributed by atoms with van der Waals surface area (Å²) in [7, 11) is 1.99. The van der Waals surface area contributed by atoms with Crippen molar-refractivity contribution in [3.05, 3.63) is 61.3 Å². The Hall–Kier alpha value is -1.43. The van der Waals surface area contributed by atoms with Crippen molar-refractivity contribution in [2.24, 2.45) is 0 Å². The lowest BCUT2D eigenvalue weighted by atomic mass is 10.1. The molecule has 0 fully saturated rings. The van der Waals surface area contributed by atoms with Crippen LogP contribution in [0.3, 0.4) is 0 Å². The van der Waals surface area contributed by atoms with Gasteiger partial charge in [-0.15, -0.1) is 11.3 Å². The summed E-state index contributed by atoms with van der Waals surface area (Å²) in [5.74, 6) is 0. The standard InChI is InChI=1S/C14H15ClN2O2S/c1-10(14-4-3-7-20-14)16(2)9-11-8-12(17(18)19)5-6-13(11)15/h3-8,10H,9H2,1-2H3. The molecule has 0 spiro atoms. The van der Waals surface area contributed by atoms with Crippen LogP contribution in [-0.4, -0.2) is 16.9 Å². The molecule has 106 valence electrons. The van der Waals surface area contributed by atoms with Gasteiger partial charge in [-0.05, 0) is 37.0 Å². The number of nitrogens with zero attached hydrogens (tertiary/aromatic N) is 2. The summed E-state index contributed by atoms with van der Waals surface area (Å²) in [6.07, 6.45) is 0. The van der Waals surface area contributed by atoms with Crippen molar-refractivity contribution >= 4 is 28.6 Å². The molecule has 4 nitrogen and oxygen atoms in total. The first-order valence-corrected chi connectivity index (χ1v) is 7.41. The highest BCUT2D eigenvalue weighted by Crippen LogP contribution is 2.28. The number of rotatable bonds is 5. The second-order valence-corrected chi connectivity index (χ2v) is 6.03. The quantitative estimate of drug-likeness (QED) is 0.603. The molecule has 2 aromatic rings. The number of benzene rings is 1. The summed E-state index contributed by atoms with van der Waals surface area (Å²) in [5.41, 5.74) is 0.841. The van der Waals surface area contributed by atoms with E-state index >= 15 is 0 Å². The van der Waals surface area contributed by atoms with Crippen LogP contribution in [0.5, 0.6) is 0 Å². The first-order valence-electron chi connectivity index (χ1n) is 6.15. The Morgan fingerprint density at radius 1 is 1.45 bits per heavy atom. The molecule has 2 rings (SSSR count). The third-order valence-electron chi connectivity index (χ3n) is 3.28. The van der Waals surface area contributed by atoms with Gasteiger partial charge in [-0.2, -0.15) is 0 Å². The molecule has 1 unspecified atom stereocenters. The van der Waals surface area contributed by atoms with Gasteiger partial charge in [0, 0.05) is 34.6 Å². The predicted octanol–water partition coefficient (Wildman–Crippen LogP) is 4.50. The molecular formula is C14H15ClN2O2S. The monoisotopic (exact) mass is 310 g/mol. The van der Waals surface area contributed by atoms with E-state index in [9.17, 15) is 10.1 Å². The Morgan fingerprint density at radius 2 is 2.20 bits per heavy atom. The number of hydrogen-bond acceptors (Lipinski definition) is 4. The van der Waals surface area contributed by atoms with Crippen LogP contribution in [0.25, 0.3) is 0 Å². The van der Waals surface area contributed by atoms with Crippen LogP contribution < -0.4 is 0 Å². The molecule has 1 aromatic carbocycles. The van der Waals surface area contributed by atoms with Crippen LogP contribution in [0, 0.1) is 10.1 Å². The van der Waals surface area contributed by atoms with Crippen molar-refractivity contribution < 1.29 is 4.92 Å². The van der Waals surface area contributed by atoms with E-state index in [0.717, 1.165) is 5.56 Å². The normalized spacial score (nSPS) is 12.6. The Bertz CT molecular complexity index is 601. The van der Waals surface area contributed by atoms with Gasteiger partial charge in [-0.3, -0.25) is 15.0 Å². The van der Waals surface area contributed by atoms with Crippen molar-refractivity contribution in [1.82, 2.24) is 4.90 Å². The molecule has 0 saturated heterocycles. The van der Waals surface area contributed by atoms with Crippen LogP contribution in [0.15, 0.2) is 35.7 Å². The molecular weight excluding hydrogens is 296 g/mol. The molecule has 0 aliphatic heterocycles. The van der Waals surface area contributed by atoms with Crippen molar-refractivity contribution in [3.63, 3.8) is 0 Å². The molecule has 0 radical (unpaired) electrons. The molecule has 0 aliphatic carbocycles. The maximum absolute atomic E-state index is 10.8. The SMILES string of the molecule is CC(c1cccs1)N(C)Cc1cc([N+](=O)[O-])ccc1Cl. The minimum atomic E-state index is -0.400. The topological polar surface area (TPSA) is 46.4 Å². The Morgan fingerprint density at radius 3 is 2.80 bits per heavy atom. The number of hydrogen-bond donors (Lipinski definition) is 0. The maximum Gasteiger partial charge on any atom is 0.269 e. The smallest absolute Gasteiger partial charge is 0.269 e. The van der Waals surface area contributed by atoms with E-state index in [2.05, 4.69) is 17.9 Å². The van der Waals surface area contributed by atoms with Gasteiger partial charge in [-0.1, -0.05) is 17.7 Å². The first-order chi connectivity index (χ1) is 9.49.